The zero-order valence-electron chi connectivity index (χ0n) is 14.9. The number of nitrogens with one attached hydrogen (secondary N) is 1. The van der Waals surface area contributed by atoms with Crippen LogP contribution >= 0.6 is 0 Å². The fourth-order valence-electron chi connectivity index (χ4n) is 2.94. The lowest BCUT2D eigenvalue weighted by Gasteiger charge is -2.18. The lowest BCUT2D eigenvalue weighted by Crippen LogP contribution is -2.38. The highest BCUT2D eigenvalue weighted by Gasteiger charge is 2.19. The molecule has 0 aliphatic carbocycles. The molecule has 24 heavy (non-hydrogen) atoms. The molecule has 5 heteroatoms. The van der Waals surface area contributed by atoms with Gasteiger partial charge in [-0.3, -0.25) is 9.78 Å². The number of rotatable bonds is 7. The molecular formula is C19H27N3O2. The van der Waals surface area contributed by atoms with E-state index in [1.807, 2.05) is 38.1 Å². The molecule has 0 saturated heterocycles. The van der Waals surface area contributed by atoms with Crippen molar-refractivity contribution in [3.8, 4) is 0 Å². The minimum atomic E-state index is -0.212. The van der Waals surface area contributed by atoms with Crippen LogP contribution < -0.4 is 5.32 Å². The number of carbonyl (C=O) groups is 1. The van der Waals surface area contributed by atoms with Gasteiger partial charge in [-0.1, -0.05) is 19.9 Å². The van der Waals surface area contributed by atoms with E-state index < -0.39 is 0 Å². The number of hydrogen-bond donors (Lipinski definition) is 2. The second-order valence-electron chi connectivity index (χ2n) is 6.67. The van der Waals surface area contributed by atoms with Crippen molar-refractivity contribution in [3.63, 3.8) is 0 Å². The molecule has 1 atom stereocenters. The summed E-state index contributed by atoms with van der Waals surface area (Å²) >= 11 is 0. The molecule has 5 nitrogen and oxygen atoms in total. The van der Waals surface area contributed by atoms with Crippen LogP contribution in [0.2, 0.25) is 0 Å². The van der Waals surface area contributed by atoms with Gasteiger partial charge < -0.3 is 15.0 Å². The number of nitrogens with zero attached hydrogens (tertiary/aromatic N) is 2. The molecule has 0 spiro atoms. The summed E-state index contributed by atoms with van der Waals surface area (Å²) < 4.78 is 2.09. The molecule has 2 rings (SSSR count). The molecule has 0 fully saturated rings. The van der Waals surface area contributed by atoms with E-state index in [1.165, 1.54) is 0 Å². The summed E-state index contributed by atoms with van der Waals surface area (Å²) in [6.07, 6.45) is 2.53. The first-order chi connectivity index (χ1) is 11.4. The Morgan fingerprint density at radius 3 is 2.67 bits per heavy atom. The van der Waals surface area contributed by atoms with Crippen LogP contribution in [0, 0.1) is 19.8 Å². The maximum absolute atomic E-state index is 12.6. The molecule has 2 aromatic rings. The number of hydrogen-bond acceptors (Lipinski definition) is 3. The van der Waals surface area contributed by atoms with Gasteiger partial charge >= 0.3 is 0 Å². The van der Waals surface area contributed by atoms with Gasteiger partial charge in [0, 0.05) is 17.6 Å². The van der Waals surface area contributed by atoms with Crippen LogP contribution in [0.4, 0.5) is 0 Å². The molecule has 0 aliphatic heterocycles. The van der Waals surface area contributed by atoms with Gasteiger partial charge in [0.2, 0.25) is 0 Å². The maximum atomic E-state index is 12.6. The third-order valence-corrected chi connectivity index (χ3v) is 4.18. The summed E-state index contributed by atoms with van der Waals surface area (Å²) in [5, 5.41) is 12.4. The van der Waals surface area contributed by atoms with Gasteiger partial charge in [0.25, 0.3) is 5.91 Å². The molecule has 0 aromatic carbocycles. The van der Waals surface area contributed by atoms with Gasteiger partial charge in [-0.25, -0.2) is 0 Å². The lowest BCUT2D eigenvalue weighted by atomic mass is 10.0. The van der Waals surface area contributed by atoms with Gasteiger partial charge in [0.15, 0.2) is 0 Å². The average molecular weight is 329 g/mol. The maximum Gasteiger partial charge on any atom is 0.253 e. The molecule has 2 N–H and O–H groups in total. The van der Waals surface area contributed by atoms with Crippen LogP contribution in [0.3, 0.4) is 0 Å². The molecule has 1 unspecified atom stereocenters. The van der Waals surface area contributed by atoms with Crippen molar-refractivity contribution in [2.75, 3.05) is 6.61 Å². The number of pyridine rings is 1. The molecule has 2 heterocycles. The molecule has 130 valence electrons. The first kappa shape index (κ1) is 18.2. The minimum Gasteiger partial charge on any atom is -0.394 e. The third-order valence-electron chi connectivity index (χ3n) is 4.18. The number of aryl methyl sites for hydroxylation is 1. The van der Waals surface area contributed by atoms with E-state index in [1.54, 1.807) is 6.20 Å². The van der Waals surface area contributed by atoms with Gasteiger partial charge in [-0.15, -0.1) is 0 Å². The normalized spacial score (nSPS) is 12.4. The summed E-state index contributed by atoms with van der Waals surface area (Å²) in [7, 11) is 0. The third kappa shape index (κ3) is 4.45. The summed E-state index contributed by atoms with van der Waals surface area (Å²) in [5.74, 6) is 0.286. The Labute approximate surface area is 143 Å². The quantitative estimate of drug-likeness (QED) is 0.821. The Bertz CT molecular complexity index is 677. The van der Waals surface area contributed by atoms with Crippen molar-refractivity contribution in [3.05, 3.63) is 53.1 Å². The Morgan fingerprint density at radius 1 is 1.33 bits per heavy atom. The zero-order chi connectivity index (χ0) is 17.7. The fourth-order valence-corrected chi connectivity index (χ4v) is 2.94. The van der Waals surface area contributed by atoms with Crippen molar-refractivity contribution in [1.82, 2.24) is 14.9 Å². The number of aliphatic hydroxyl groups excluding tert-OH is 1. The van der Waals surface area contributed by atoms with E-state index in [4.69, 9.17) is 0 Å². The van der Waals surface area contributed by atoms with Gasteiger partial charge in [0.05, 0.1) is 30.5 Å². The van der Waals surface area contributed by atoms with Crippen molar-refractivity contribution >= 4 is 5.91 Å². The highest BCUT2D eigenvalue weighted by atomic mass is 16.3. The van der Waals surface area contributed by atoms with Crippen molar-refractivity contribution in [1.29, 1.82) is 0 Å². The van der Waals surface area contributed by atoms with Crippen LogP contribution in [0.25, 0.3) is 0 Å². The Balaban J connectivity index is 2.16. The number of aliphatic hydroxyl groups is 1. The van der Waals surface area contributed by atoms with Crippen LogP contribution in [-0.4, -0.2) is 33.2 Å². The fraction of sp³-hybridized carbons (Fsp3) is 0.474. The van der Waals surface area contributed by atoms with Crippen molar-refractivity contribution in [2.45, 2.75) is 46.7 Å². The second-order valence-corrected chi connectivity index (χ2v) is 6.67. The first-order valence-electron chi connectivity index (χ1n) is 8.40. The minimum absolute atomic E-state index is 0.0450. The number of carbonyl (C=O) groups excluding carboxylic acids is 1. The van der Waals surface area contributed by atoms with E-state index in [2.05, 4.69) is 28.7 Å². The molecule has 0 bridgehead atoms. The van der Waals surface area contributed by atoms with Crippen LogP contribution in [-0.2, 0) is 6.54 Å². The van der Waals surface area contributed by atoms with Gasteiger partial charge in [0.1, 0.15) is 0 Å². The van der Waals surface area contributed by atoms with E-state index >= 15 is 0 Å². The number of aromatic nitrogens is 2. The van der Waals surface area contributed by atoms with Crippen LogP contribution in [0.5, 0.6) is 0 Å². The van der Waals surface area contributed by atoms with E-state index in [0.717, 1.165) is 23.5 Å². The first-order valence-corrected chi connectivity index (χ1v) is 8.40. The SMILES string of the molecule is Cc1cc(C(=O)NC(CO)CC(C)C)c(C)n1Cc1ccccn1. The summed E-state index contributed by atoms with van der Waals surface area (Å²) in [6, 6.07) is 7.51. The largest absolute Gasteiger partial charge is 0.394 e. The lowest BCUT2D eigenvalue weighted by molar-refractivity contribution is 0.0907. The Morgan fingerprint density at radius 2 is 2.08 bits per heavy atom. The molecule has 2 aromatic heterocycles. The monoisotopic (exact) mass is 329 g/mol. The average Bonchev–Trinajstić information content (AvgIpc) is 2.83. The summed E-state index contributed by atoms with van der Waals surface area (Å²) in [6.45, 7) is 8.69. The standard InChI is InChI=1S/C19H27N3O2/c1-13(2)9-17(12-23)21-19(24)18-10-14(3)22(15(18)4)11-16-7-5-6-8-20-16/h5-8,10,13,17,23H,9,11-12H2,1-4H3,(H,21,24). The topological polar surface area (TPSA) is 67.2 Å². The van der Waals surface area contributed by atoms with Crippen molar-refractivity contribution < 1.29 is 9.90 Å². The molecule has 0 aliphatic rings. The molecular weight excluding hydrogens is 302 g/mol. The van der Waals surface area contributed by atoms with Gasteiger partial charge in [-0.05, 0) is 44.4 Å². The predicted molar refractivity (Wildman–Crippen MR) is 95.0 cm³/mol. The van der Waals surface area contributed by atoms with Crippen molar-refractivity contribution in [2.24, 2.45) is 5.92 Å². The van der Waals surface area contributed by atoms with Gasteiger partial charge in [-0.2, -0.15) is 0 Å². The summed E-state index contributed by atoms with van der Waals surface area (Å²) in [5.41, 5.74) is 3.55. The Kier molecular flexibility index (Phi) is 6.15. The second kappa shape index (κ2) is 8.11. The van der Waals surface area contributed by atoms with E-state index in [0.29, 0.717) is 18.0 Å². The number of amides is 1. The van der Waals surface area contributed by atoms with Crippen LogP contribution in [0.1, 0.15) is 47.7 Å². The predicted octanol–water partition coefficient (Wildman–Crippen LogP) is 2.69. The highest BCUT2D eigenvalue weighted by Crippen LogP contribution is 2.17. The van der Waals surface area contributed by atoms with E-state index in [-0.39, 0.29) is 18.6 Å². The van der Waals surface area contributed by atoms with Crippen LogP contribution in [0.15, 0.2) is 30.5 Å². The molecule has 0 saturated carbocycles. The molecule has 1 amide bonds. The zero-order valence-corrected chi connectivity index (χ0v) is 14.9. The highest BCUT2D eigenvalue weighted by molar-refractivity contribution is 5.95. The van der Waals surface area contributed by atoms with E-state index in [9.17, 15) is 9.90 Å². The molecule has 0 radical (unpaired) electrons. The summed E-state index contributed by atoms with van der Waals surface area (Å²) in [4.78, 5) is 16.9. The smallest absolute Gasteiger partial charge is 0.253 e. The Hall–Kier alpha value is -2.14.